The summed E-state index contributed by atoms with van der Waals surface area (Å²) < 4.78 is 5.74. The van der Waals surface area contributed by atoms with Crippen LogP contribution in [0.5, 0.6) is 5.75 Å². The molecule has 23 heavy (non-hydrogen) atoms. The van der Waals surface area contributed by atoms with Crippen LogP contribution < -0.4 is 15.0 Å². The monoisotopic (exact) mass is 308 g/mol. The fourth-order valence-corrected chi connectivity index (χ4v) is 3.60. The number of hydrogen-bond acceptors (Lipinski definition) is 2. The minimum Gasteiger partial charge on any atom is -0.493 e. The molecule has 4 heteroatoms. The number of nitrogens with zero attached hydrogens (tertiary/aromatic N) is 1. The van der Waals surface area contributed by atoms with E-state index in [-0.39, 0.29) is 18.1 Å². The Balaban J connectivity index is 1.94. The zero-order valence-corrected chi connectivity index (χ0v) is 13.4. The Morgan fingerprint density at radius 1 is 1.17 bits per heavy atom. The molecule has 0 radical (unpaired) electrons. The molecule has 0 saturated heterocycles. The van der Waals surface area contributed by atoms with E-state index in [1.165, 1.54) is 11.1 Å². The summed E-state index contributed by atoms with van der Waals surface area (Å²) in [5.74, 6) is 0.949. The largest absolute Gasteiger partial charge is 0.493 e. The molecule has 0 aromatic heterocycles. The first kappa shape index (κ1) is 14.1. The van der Waals surface area contributed by atoms with Gasteiger partial charge in [-0.15, -0.1) is 0 Å². The summed E-state index contributed by atoms with van der Waals surface area (Å²) >= 11 is 0. The van der Waals surface area contributed by atoms with Crippen molar-refractivity contribution in [2.45, 2.75) is 32.4 Å². The van der Waals surface area contributed by atoms with Gasteiger partial charge in [0.2, 0.25) is 0 Å². The lowest BCUT2D eigenvalue weighted by Gasteiger charge is -2.38. The molecule has 1 unspecified atom stereocenters. The lowest BCUT2D eigenvalue weighted by atomic mass is 9.89. The smallest absolute Gasteiger partial charge is 0.322 e. The number of amides is 2. The first-order chi connectivity index (χ1) is 11.2. The number of rotatable bonds is 2. The molecule has 0 bridgehead atoms. The molecule has 0 fully saturated rings. The van der Waals surface area contributed by atoms with Gasteiger partial charge in [-0.1, -0.05) is 30.3 Å². The predicted octanol–water partition coefficient (Wildman–Crippen LogP) is 3.65. The zero-order valence-electron chi connectivity index (χ0n) is 13.4. The number of ether oxygens (including phenoxy) is 1. The Bertz CT molecular complexity index is 755. The molecule has 2 aromatic rings. The van der Waals surface area contributed by atoms with Gasteiger partial charge in [0.25, 0.3) is 0 Å². The highest BCUT2D eigenvalue weighted by Crippen LogP contribution is 2.43. The van der Waals surface area contributed by atoms with Crippen LogP contribution in [0.15, 0.2) is 42.5 Å². The highest BCUT2D eigenvalue weighted by molar-refractivity contribution is 5.97. The SMILES string of the molecule is CC(C)N1C(=O)NC(c2ccccc2)c2c1ccc1c2CCO1. The van der Waals surface area contributed by atoms with Crippen molar-refractivity contribution in [3.8, 4) is 5.75 Å². The van der Waals surface area contributed by atoms with Crippen LogP contribution in [0.25, 0.3) is 0 Å². The summed E-state index contributed by atoms with van der Waals surface area (Å²) in [4.78, 5) is 14.5. The molecular formula is C19H20N2O2. The maximum absolute atomic E-state index is 12.7. The third-order valence-corrected chi connectivity index (χ3v) is 4.58. The van der Waals surface area contributed by atoms with E-state index in [0.717, 1.165) is 23.4 Å². The number of anilines is 1. The van der Waals surface area contributed by atoms with Gasteiger partial charge >= 0.3 is 6.03 Å². The fourth-order valence-electron chi connectivity index (χ4n) is 3.60. The standard InChI is InChI=1S/C19H20N2O2/c1-12(2)21-15-8-9-16-14(10-11-23-16)17(15)18(20-19(21)22)13-6-4-3-5-7-13/h3-9,12,18H,10-11H2,1-2H3,(H,20,22). The van der Waals surface area contributed by atoms with E-state index in [4.69, 9.17) is 4.74 Å². The number of hydrogen-bond donors (Lipinski definition) is 1. The number of nitrogens with one attached hydrogen (secondary N) is 1. The number of carbonyl (C=O) groups is 1. The van der Waals surface area contributed by atoms with Crippen LogP contribution >= 0.6 is 0 Å². The van der Waals surface area contributed by atoms with Gasteiger partial charge < -0.3 is 10.1 Å². The van der Waals surface area contributed by atoms with Crippen molar-refractivity contribution < 1.29 is 9.53 Å². The van der Waals surface area contributed by atoms with E-state index < -0.39 is 0 Å². The second-order valence-corrected chi connectivity index (χ2v) is 6.33. The first-order valence-corrected chi connectivity index (χ1v) is 8.10. The van der Waals surface area contributed by atoms with Gasteiger partial charge in [0.05, 0.1) is 18.3 Å². The summed E-state index contributed by atoms with van der Waals surface area (Å²) in [7, 11) is 0. The van der Waals surface area contributed by atoms with Crippen molar-refractivity contribution in [3.63, 3.8) is 0 Å². The van der Waals surface area contributed by atoms with Crippen LogP contribution in [-0.2, 0) is 6.42 Å². The molecule has 2 heterocycles. The summed E-state index contributed by atoms with van der Waals surface area (Å²) in [6, 6.07) is 14.1. The van der Waals surface area contributed by atoms with Crippen LogP contribution in [0.3, 0.4) is 0 Å². The molecular weight excluding hydrogens is 288 g/mol. The third kappa shape index (κ3) is 2.17. The highest BCUT2D eigenvalue weighted by atomic mass is 16.5. The molecule has 2 aliphatic rings. The van der Waals surface area contributed by atoms with E-state index in [2.05, 4.69) is 17.4 Å². The molecule has 0 aliphatic carbocycles. The maximum Gasteiger partial charge on any atom is 0.322 e. The van der Waals surface area contributed by atoms with Crippen LogP contribution in [0.2, 0.25) is 0 Å². The van der Waals surface area contributed by atoms with Crippen molar-refractivity contribution in [1.82, 2.24) is 5.32 Å². The van der Waals surface area contributed by atoms with Gasteiger partial charge in [0.1, 0.15) is 5.75 Å². The molecule has 118 valence electrons. The summed E-state index contributed by atoms with van der Waals surface area (Å²) in [6.07, 6.45) is 0.893. The van der Waals surface area contributed by atoms with Crippen LogP contribution in [0.1, 0.15) is 36.6 Å². The molecule has 2 aliphatic heterocycles. The number of carbonyl (C=O) groups excluding carboxylic acids is 1. The van der Waals surface area contributed by atoms with E-state index in [9.17, 15) is 4.79 Å². The third-order valence-electron chi connectivity index (χ3n) is 4.58. The summed E-state index contributed by atoms with van der Waals surface area (Å²) in [5.41, 5.74) is 4.51. The first-order valence-electron chi connectivity index (χ1n) is 8.10. The zero-order chi connectivity index (χ0) is 16.0. The molecule has 0 spiro atoms. The maximum atomic E-state index is 12.7. The second-order valence-electron chi connectivity index (χ2n) is 6.33. The molecule has 4 nitrogen and oxygen atoms in total. The number of benzene rings is 2. The van der Waals surface area contributed by atoms with Gasteiger partial charge in [0.15, 0.2) is 0 Å². The average Bonchev–Trinajstić information content (AvgIpc) is 3.03. The van der Waals surface area contributed by atoms with Crippen LogP contribution in [0.4, 0.5) is 10.5 Å². The molecule has 2 aromatic carbocycles. The molecule has 4 rings (SSSR count). The molecule has 2 amide bonds. The Morgan fingerprint density at radius 2 is 1.96 bits per heavy atom. The van der Waals surface area contributed by atoms with E-state index in [0.29, 0.717) is 6.61 Å². The van der Waals surface area contributed by atoms with Crippen molar-refractivity contribution in [1.29, 1.82) is 0 Å². The van der Waals surface area contributed by atoms with Crippen molar-refractivity contribution in [2.75, 3.05) is 11.5 Å². The van der Waals surface area contributed by atoms with E-state index in [1.54, 1.807) is 0 Å². The van der Waals surface area contributed by atoms with Crippen LogP contribution in [-0.4, -0.2) is 18.7 Å². The van der Waals surface area contributed by atoms with Gasteiger partial charge in [-0.25, -0.2) is 4.79 Å². The topological polar surface area (TPSA) is 41.6 Å². The van der Waals surface area contributed by atoms with Gasteiger partial charge in [-0.3, -0.25) is 4.90 Å². The summed E-state index contributed by atoms with van der Waals surface area (Å²) in [6.45, 7) is 4.79. The predicted molar refractivity (Wildman–Crippen MR) is 90.1 cm³/mol. The quantitative estimate of drug-likeness (QED) is 0.920. The molecule has 1 N–H and O–H groups in total. The lowest BCUT2D eigenvalue weighted by Crippen LogP contribution is -2.50. The van der Waals surface area contributed by atoms with Gasteiger partial charge in [-0.2, -0.15) is 0 Å². The minimum atomic E-state index is -0.120. The average molecular weight is 308 g/mol. The van der Waals surface area contributed by atoms with Crippen molar-refractivity contribution in [3.05, 3.63) is 59.2 Å². The van der Waals surface area contributed by atoms with Crippen molar-refractivity contribution >= 4 is 11.7 Å². The highest BCUT2D eigenvalue weighted by Gasteiger charge is 2.36. The lowest BCUT2D eigenvalue weighted by molar-refractivity contribution is 0.241. The Kier molecular flexibility index (Phi) is 3.26. The minimum absolute atomic E-state index is 0.0415. The normalized spacial score (nSPS) is 19.2. The number of fused-ring (bicyclic) bond motifs is 3. The van der Waals surface area contributed by atoms with Gasteiger partial charge in [-0.05, 0) is 31.5 Å². The second kappa shape index (κ2) is 5.30. The number of urea groups is 1. The Hall–Kier alpha value is -2.49. The van der Waals surface area contributed by atoms with E-state index >= 15 is 0 Å². The Labute approximate surface area is 136 Å². The van der Waals surface area contributed by atoms with Crippen molar-refractivity contribution in [2.24, 2.45) is 0 Å². The van der Waals surface area contributed by atoms with E-state index in [1.807, 2.05) is 49.1 Å². The Morgan fingerprint density at radius 3 is 2.70 bits per heavy atom. The van der Waals surface area contributed by atoms with Crippen LogP contribution in [0, 0.1) is 0 Å². The summed E-state index contributed by atoms with van der Waals surface area (Å²) in [5, 5.41) is 3.18. The molecule has 1 atom stereocenters. The molecule has 0 saturated carbocycles. The van der Waals surface area contributed by atoms with Gasteiger partial charge in [0, 0.05) is 23.6 Å². The fraction of sp³-hybridized carbons (Fsp3) is 0.316.